The van der Waals surface area contributed by atoms with E-state index in [1.54, 1.807) is 30.1 Å². The first-order valence-electron chi connectivity index (χ1n) is 10.00. The second-order valence-electron chi connectivity index (χ2n) is 7.68. The van der Waals surface area contributed by atoms with E-state index < -0.39 is 0 Å². The molecule has 1 heterocycles. The molecule has 0 aliphatic carbocycles. The van der Waals surface area contributed by atoms with Gasteiger partial charge >= 0.3 is 0 Å². The monoisotopic (exact) mass is 397 g/mol. The Labute approximate surface area is 171 Å². The molecule has 0 aromatic heterocycles. The van der Waals surface area contributed by atoms with E-state index in [2.05, 4.69) is 10.2 Å². The van der Waals surface area contributed by atoms with Crippen molar-refractivity contribution in [2.45, 2.75) is 32.4 Å². The minimum Gasteiger partial charge on any atom is -0.349 e. The number of likely N-dealkylation sites (tertiary alicyclic amines) is 1. The second-order valence-corrected chi connectivity index (χ2v) is 7.68. The van der Waals surface area contributed by atoms with Crippen LogP contribution in [0.15, 0.2) is 48.5 Å². The number of amides is 2. The molecule has 0 atom stereocenters. The Hall–Kier alpha value is -2.73. The number of carbonyl (C=O) groups excluding carboxylic acids is 2. The highest BCUT2D eigenvalue weighted by Gasteiger charge is 2.24. The summed E-state index contributed by atoms with van der Waals surface area (Å²) < 4.78 is 13.8. The molecule has 0 saturated carbocycles. The van der Waals surface area contributed by atoms with Crippen LogP contribution in [0.2, 0.25) is 0 Å². The SMILES string of the molecule is Cc1ccccc1C(=O)NC1CCN(CC(=O)N(C)Cc2ccccc2F)CC1. The van der Waals surface area contributed by atoms with Crippen LogP contribution in [0.3, 0.4) is 0 Å². The van der Waals surface area contributed by atoms with E-state index in [4.69, 9.17) is 0 Å². The number of benzene rings is 2. The number of halogens is 1. The Morgan fingerprint density at radius 1 is 1.10 bits per heavy atom. The molecule has 1 N–H and O–H groups in total. The van der Waals surface area contributed by atoms with E-state index in [0.29, 0.717) is 17.7 Å². The van der Waals surface area contributed by atoms with Gasteiger partial charge in [0, 0.05) is 43.9 Å². The number of rotatable bonds is 6. The average Bonchev–Trinajstić information content (AvgIpc) is 2.71. The van der Waals surface area contributed by atoms with Gasteiger partial charge in [-0.2, -0.15) is 0 Å². The highest BCUT2D eigenvalue weighted by molar-refractivity contribution is 5.95. The zero-order valence-electron chi connectivity index (χ0n) is 17.0. The van der Waals surface area contributed by atoms with Gasteiger partial charge in [0.2, 0.25) is 5.91 Å². The van der Waals surface area contributed by atoms with Crippen LogP contribution in [0, 0.1) is 12.7 Å². The van der Waals surface area contributed by atoms with Crippen LogP contribution in [0.25, 0.3) is 0 Å². The molecule has 2 aromatic rings. The number of likely N-dealkylation sites (N-methyl/N-ethyl adjacent to an activating group) is 1. The zero-order chi connectivity index (χ0) is 20.8. The van der Waals surface area contributed by atoms with Gasteiger partial charge in [0.05, 0.1) is 6.54 Å². The molecule has 154 valence electrons. The lowest BCUT2D eigenvalue weighted by Gasteiger charge is -2.33. The summed E-state index contributed by atoms with van der Waals surface area (Å²) in [7, 11) is 1.70. The van der Waals surface area contributed by atoms with Gasteiger partial charge in [-0.05, 0) is 37.5 Å². The molecular weight excluding hydrogens is 369 g/mol. The normalized spacial score (nSPS) is 15.1. The van der Waals surface area contributed by atoms with E-state index in [1.165, 1.54) is 6.07 Å². The first kappa shape index (κ1) is 21.0. The summed E-state index contributed by atoms with van der Waals surface area (Å²) in [6.45, 7) is 3.99. The molecule has 0 unspecified atom stereocenters. The summed E-state index contributed by atoms with van der Waals surface area (Å²) in [4.78, 5) is 28.6. The van der Waals surface area contributed by atoms with Crippen molar-refractivity contribution in [3.8, 4) is 0 Å². The minimum atomic E-state index is -0.294. The van der Waals surface area contributed by atoms with E-state index >= 15 is 0 Å². The third-order valence-electron chi connectivity index (χ3n) is 5.46. The van der Waals surface area contributed by atoms with Crippen LogP contribution >= 0.6 is 0 Å². The van der Waals surface area contributed by atoms with E-state index in [-0.39, 0.29) is 30.2 Å². The van der Waals surface area contributed by atoms with Gasteiger partial charge in [0.15, 0.2) is 0 Å². The third kappa shape index (κ3) is 5.64. The van der Waals surface area contributed by atoms with E-state index in [0.717, 1.165) is 31.5 Å². The molecule has 5 nitrogen and oxygen atoms in total. The van der Waals surface area contributed by atoms with Gasteiger partial charge in [0.25, 0.3) is 5.91 Å². The highest BCUT2D eigenvalue weighted by atomic mass is 19.1. The van der Waals surface area contributed by atoms with Crippen molar-refractivity contribution < 1.29 is 14.0 Å². The van der Waals surface area contributed by atoms with Crippen molar-refractivity contribution in [2.75, 3.05) is 26.7 Å². The summed E-state index contributed by atoms with van der Waals surface area (Å²) in [5, 5.41) is 3.11. The molecule has 0 radical (unpaired) electrons. The topological polar surface area (TPSA) is 52.7 Å². The van der Waals surface area contributed by atoms with Gasteiger partial charge in [0.1, 0.15) is 5.82 Å². The van der Waals surface area contributed by atoms with Crippen LogP contribution in [-0.2, 0) is 11.3 Å². The fourth-order valence-corrected chi connectivity index (χ4v) is 3.61. The molecule has 1 aliphatic heterocycles. The predicted octanol–water partition coefficient (Wildman–Crippen LogP) is 2.99. The van der Waals surface area contributed by atoms with Crippen LogP contribution in [0.5, 0.6) is 0 Å². The predicted molar refractivity (Wildman–Crippen MR) is 111 cm³/mol. The summed E-state index contributed by atoms with van der Waals surface area (Å²) in [6.07, 6.45) is 1.61. The van der Waals surface area contributed by atoms with Gasteiger partial charge in [-0.25, -0.2) is 4.39 Å². The molecule has 6 heteroatoms. The maximum atomic E-state index is 13.8. The number of nitrogens with one attached hydrogen (secondary N) is 1. The average molecular weight is 397 g/mol. The van der Waals surface area contributed by atoms with Crippen LogP contribution in [0.4, 0.5) is 4.39 Å². The minimum absolute atomic E-state index is 0.0318. The van der Waals surface area contributed by atoms with E-state index in [1.807, 2.05) is 31.2 Å². The maximum absolute atomic E-state index is 13.8. The van der Waals surface area contributed by atoms with Gasteiger partial charge in [-0.3, -0.25) is 14.5 Å². The Morgan fingerprint density at radius 3 is 2.45 bits per heavy atom. The zero-order valence-corrected chi connectivity index (χ0v) is 17.0. The molecule has 1 saturated heterocycles. The summed E-state index contributed by atoms with van der Waals surface area (Å²) in [6, 6.07) is 14.2. The molecule has 1 fully saturated rings. The van der Waals surface area contributed by atoms with Crippen molar-refractivity contribution in [2.24, 2.45) is 0 Å². The van der Waals surface area contributed by atoms with Gasteiger partial charge in [-0.1, -0.05) is 36.4 Å². The first-order valence-corrected chi connectivity index (χ1v) is 10.00. The van der Waals surface area contributed by atoms with Gasteiger partial charge < -0.3 is 10.2 Å². The molecule has 0 spiro atoms. The highest BCUT2D eigenvalue weighted by Crippen LogP contribution is 2.14. The lowest BCUT2D eigenvalue weighted by atomic mass is 10.0. The van der Waals surface area contributed by atoms with Gasteiger partial charge in [-0.15, -0.1) is 0 Å². The molecule has 1 aliphatic rings. The molecule has 29 heavy (non-hydrogen) atoms. The maximum Gasteiger partial charge on any atom is 0.251 e. The Balaban J connectivity index is 1.44. The molecule has 0 bridgehead atoms. The largest absolute Gasteiger partial charge is 0.349 e. The summed E-state index contributed by atoms with van der Waals surface area (Å²) >= 11 is 0. The van der Waals surface area contributed by atoms with Crippen molar-refractivity contribution in [3.63, 3.8) is 0 Å². The summed E-state index contributed by atoms with van der Waals surface area (Å²) in [5.41, 5.74) is 2.19. The third-order valence-corrected chi connectivity index (χ3v) is 5.46. The van der Waals surface area contributed by atoms with Crippen LogP contribution in [-0.4, -0.2) is 54.3 Å². The fraction of sp³-hybridized carbons (Fsp3) is 0.391. The summed E-state index contributed by atoms with van der Waals surface area (Å²) in [5.74, 6) is -0.366. The first-order chi connectivity index (χ1) is 13.9. The number of piperidine rings is 1. The number of hydrogen-bond acceptors (Lipinski definition) is 3. The number of aryl methyl sites for hydroxylation is 1. The number of nitrogens with zero attached hydrogens (tertiary/aromatic N) is 2. The second kappa shape index (κ2) is 9.65. The molecule has 2 amide bonds. The lowest BCUT2D eigenvalue weighted by Crippen LogP contribution is -2.47. The Kier molecular flexibility index (Phi) is 6.99. The van der Waals surface area contributed by atoms with Crippen molar-refractivity contribution in [1.82, 2.24) is 15.1 Å². The fourth-order valence-electron chi connectivity index (χ4n) is 3.61. The van der Waals surface area contributed by atoms with Crippen molar-refractivity contribution in [3.05, 3.63) is 71.0 Å². The molecular formula is C23H28FN3O2. The Morgan fingerprint density at radius 2 is 1.76 bits per heavy atom. The van der Waals surface area contributed by atoms with Crippen LogP contribution in [0.1, 0.15) is 34.3 Å². The van der Waals surface area contributed by atoms with Crippen molar-refractivity contribution in [1.29, 1.82) is 0 Å². The van der Waals surface area contributed by atoms with Crippen LogP contribution < -0.4 is 5.32 Å². The van der Waals surface area contributed by atoms with Crippen molar-refractivity contribution >= 4 is 11.8 Å². The molecule has 3 rings (SSSR count). The quantitative estimate of drug-likeness (QED) is 0.815. The standard InChI is InChI=1S/C23H28FN3O2/c1-17-7-3-5-9-20(17)23(29)25-19-11-13-27(14-12-19)16-22(28)26(2)15-18-8-4-6-10-21(18)24/h3-10,19H,11-16H2,1-2H3,(H,25,29). The lowest BCUT2D eigenvalue weighted by molar-refractivity contribution is -0.132. The van der Waals surface area contributed by atoms with E-state index in [9.17, 15) is 14.0 Å². The molecule has 2 aromatic carbocycles. The number of carbonyl (C=O) groups is 2. The number of hydrogen-bond donors (Lipinski definition) is 1. The Bertz CT molecular complexity index is 863. The smallest absolute Gasteiger partial charge is 0.251 e.